The maximum absolute atomic E-state index is 13.1. The Kier molecular flexibility index (Phi) is 69.4. The Balaban J connectivity index is 5.30. The monoisotopic (exact) mass is 1450 g/mol. The van der Waals surface area contributed by atoms with Crippen LogP contribution in [0.25, 0.3) is 0 Å². The van der Waals surface area contributed by atoms with E-state index in [2.05, 4.69) is 65.8 Å². The topological polar surface area (TPSA) is 237 Å². The van der Waals surface area contributed by atoms with E-state index in [0.29, 0.717) is 25.7 Å². The average Bonchev–Trinajstić information content (AvgIpc) is 1.01. The summed E-state index contributed by atoms with van der Waals surface area (Å²) in [5.74, 6) is -0.564. The Hall–Kier alpha value is -2.46. The van der Waals surface area contributed by atoms with Crippen molar-refractivity contribution in [3.63, 3.8) is 0 Å². The second kappa shape index (κ2) is 71.2. The van der Waals surface area contributed by atoms with Gasteiger partial charge in [0.25, 0.3) is 0 Å². The number of carbonyl (C=O) groups excluding carboxylic acids is 4. The minimum absolute atomic E-state index is 0.0854. The summed E-state index contributed by atoms with van der Waals surface area (Å²) in [4.78, 5) is 73.0. The number of phosphoric acid groups is 2. The summed E-state index contributed by atoms with van der Waals surface area (Å²) in [6, 6.07) is 0. The number of ether oxygens (including phenoxy) is 4. The third kappa shape index (κ3) is 73.6. The van der Waals surface area contributed by atoms with Crippen molar-refractivity contribution in [3.8, 4) is 0 Å². The van der Waals surface area contributed by atoms with Gasteiger partial charge in [-0.1, -0.05) is 342 Å². The number of allylic oxidation sites excluding steroid dienone is 4. The molecule has 0 aromatic carbocycles. The number of hydrogen-bond donors (Lipinski definition) is 3. The Morgan fingerprint density at radius 2 is 0.545 bits per heavy atom. The fourth-order valence-corrected chi connectivity index (χ4v) is 13.4. The molecule has 5 atom stereocenters. The molecule has 0 aliphatic rings. The number of rotatable bonds is 77. The van der Waals surface area contributed by atoms with Crippen LogP contribution in [-0.4, -0.2) is 96.7 Å². The van der Waals surface area contributed by atoms with Crippen molar-refractivity contribution in [2.75, 3.05) is 39.6 Å². The molecule has 0 saturated carbocycles. The molecule has 0 fully saturated rings. The molecule has 99 heavy (non-hydrogen) atoms. The van der Waals surface area contributed by atoms with Crippen molar-refractivity contribution in [1.82, 2.24) is 0 Å². The van der Waals surface area contributed by atoms with E-state index in [1.54, 1.807) is 0 Å². The van der Waals surface area contributed by atoms with Gasteiger partial charge in [0, 0.05) is 25.7 Å². The zero-order valence-corrected chi connectivity index (χ0v) is 66.1. The molecule has 0 aromatic heterocycles. The second-order valence-corrected chi connectivity index (χ2v) is 32.0. The molecular weight excluding hydrogens is 1290 g/mol. The van der Waals surface area contributed by atoms with E-state index in [1.165, 1.54) is 199 Å². The highest BCUT2D eigenvalue weighted by molar-refractivity contribution is 7.47. The molecule has 584 valence electrons. The first-order chi connectivity index (χ1) is 47.9. The molecule has 0 spiro atoms. The summed E-state index contributed by atoms with van der Waals surface area (Å²) in [5, 5.41) is 10.6. The summed E-state index contributed by atoms with van der Waals surface area (Å²) >= 11 is 0. The molecule has 2 unspecified atom stereocenters. The molecule has 19 heteroatoms. The van der Waals surface area contributed by atoms with Crippen LogP contribution in [0.15, 0.2) is 24.3 Å². The highest BCUT2D eigenvalue weighted by Crippen LogP contribution is 2.45. The van der Waals surface area contributed by atoms with Crippen LogP contribution < -0.4 is 0 Å². The van der Waals surface area contributed by atoms with Gasteiger partial charge in [0.15, 0.2) is 12.2 Å². The fraction of sp³-hybridized carbons (Fsp3) is 0.900. The number of esters is 4. The summed E-state index contributed by atoms with van der Waals surface area (Å²) in [6.07, 6.45) is 63.1. The lowest BCUT2D eigenvalue weighted by atomic mass is 10.0. The summed E-state index contributed by atoms with van der Waals surface area (Å²) in [5.41, 5.74) is 0. The highest BCUT2D eigenvalue weighted by Gasteiger charge is 2.30. The maximum atomic E-state index is 13.1. The predicted molar refractivity (Wildman–Crippen MR) is 404 cm³/mol. The molecule has 0 radical (unpaired) electrons. The van der Waals surface area contributed by atoms with Crippen LogP contribution in [0.4, 0.5) is 0 Å². The number of phosphoric ester groups is 2. The van der Waals surface area contributed by atoms with Crippen molar-refractivity contribution in [2.24, 2.45) is 11.8 Å². The number of carbonyl (C=O) groups is 4. The van der Waals surface area contributed by atoms with Crippen LogP contribution in [0, 0.1) is 11.8 Å². The quantitative estimate of drug-likeness (QED) is 0.0169. The van der Waals surface area contributed by atoms with Crippen LogP contribution in [0.1, 0.15) is 395 Å². The van der Waals surface area contributed by atoms with Crippen LogP contribution >= 0.6 is 15.6 Å². The van der Waals surface area contributed by atoms with Gasteiger partial charge in [0.1, 0.15) is 19.3 Å². The van der Waals surface area contributed by atoms with Gasteiger partial charge in [0.2, 0.25) is 0 Å². The maximum Gasteiger partial charge on any atom is 0.472 e. The van der Waals surface area contributed by atoms with Gasteiger partial charge < -0.3 is 33.8 Å². The van der Waals surface area contributed by atoms with Gasteiger partial charge in [-0.3, -0.25) is 37.3 Å². The van der Waals surface area contributed by atoms with Crippen molar-refractivity contribution >= 4 is 39.5 Å². The number of hydrogen-bond acceptors (Lipinski definition) is 15. The lowest BCUT2D eigenvalue weighted by molar-refractivity contribution is -0.161. The Bertz CT molecular complexity index is 2000. The fourth-order valence-electron chi connectivity index (χ4n) is 11.8. The van der Waals surface area contributed by atoms with E-state index in [4.69, 9.17) is 37.0 Å². The van der Waals surface area contributed by atoms with Crippen molar-refractivity contribution in [3.05, 3.63) is 24.3 Å². The van der Waals surface area contributed by atoms with Gasteiger partial charge in [-0.15, -0.1) is 0 Å². The van der Waals surface area contributed by atoms with Gasteiger partial charge in [-0.25, -0.2) is 9.13 Å². The van der Waals surface area contributed by atoms with Crippen LogP contribution in [0.2, 0.25) is 0 Å². The largest absolute Gasteiger partial charge is 0.472 e. The molecule has 0 saturated heterocycles. The molecule has 0 amide bonds. The third-order valence-electron chi connectivity index (χ3n) is 18.1. The summed E-state index contributed by atoms with van der Waals surface area (Å²) < 4.78 is 68.7. The van der Waals surface area contributed by atoms with E-state index >= 15 is 0 Å². The lowest BCUT2D eigenvalue weighted by Gasteiger charge is -2.21. The summed E-state index contributed by atoms with van der Waals surface area (Å²) in [6.45, 7) is 9.60. The van der Waals surface area contributed by atoms with Crippen molar-refractivity contribution < 1.29 is 80.2 Å². The zero-order valence-electron chi connectivity index (χ0n) is 64.3. The smallest absolute Gasteiger partial charge is 0.462 e. The van der Waals surface area contributed by atoms with Gasteiger partial charge in [-0.2, -0.15) is 0 Å². The van der Waals surface area contributed by atoms with E-state index in [9.17, 15) is 43.2 Å². The minimum Gasteiger partial charge on any atom is -0.462 e. The van der Waals surface area contributed by atoms with Gasteiger partial charge in [-0.05, 0) is 63.2 Å². The van der Waals surface area contributed by atoms with E-state index in [-0.39, 0.29) is 25.7 Å². The molecule has 17 nitrogen and oxygen atoms in total. The first-order valence-corrected chi connectivity index (χ1v) is 43.8. The molecule has 0 rings (SSSR count). The van der Waals surface area contributed by atoms with Crippen LogP contribution in [-0.2, 0) is 65.4 Å². The Morgan fingerprint density at radius 1 is 0.313 bits per heavy atom. The average molecular weight is 1450 g/mol. The van der Waals surface area contributed by atoms with Crippen LogP contribution in [0.5, 0.6) is 0 Å². The van der Waals surface area contributed by atoms with E-state index in [1.807, 2.05) is 0 Å². The normalized spacial score (nSPS) is 14.1. The summed E-state index contributed by atoms with van der Waals surface area (Å²) in [7, 11) is -9.93. The van der Waals surface area contributed by atoms with Gasteiger partial charge >= 0.3 is 39.5 Å². The number of aliphatic hydroxyl groups is 1. The van der Waals surface area contributed by atoms with Crippen molar-refractivity contribution in [1.29, 1.82) is 0 Å². The molecular formula is C80H152O17P2. The molecule has 0 aliphatic heterocycles. The number of unbranched alkanes of at least 4 members (excludes halogenated alkanes) is 44. The number of aliphatic hydroxyl groups excluding tert-OH is 1. The molecule has 3 N–H and O–H groups in total. The molecule has 0 aliphatic carbocycles. The van der Waals surface area contributed by atoms with E-state index < -0.39 is 97.5 Å². The first-order valence-electron chi connectivity index (χ1n) is 40.8. The molecule has 0 aromatic rings. The molecule has 0 heterocycles. The van der Waals surface area contributed by atoms with E-state index in [0.717, 1.165) is 115 Å². The molecule has 0 bridgehead atoms. The van der Waals surface area contributed by atoms with Crippen molar-refractivity contribution in [2.45, 2.75) is 413 Å². The van der Waals surface area contributed by atoms with Crippen LogP contribution in [0.3, 0.4) is 0 Å². The lowest BCUT2D eigenvalue weighted by Crippen LogP contribution is -2.30. The SMILES string of the molecule is CCCCCC/C=C\C=C/CCCCCCCC(=O)O[C@H](COC(=O)CCCCCCCCCCCCCC)COP(=O)(O)OC[C@H](O)COP(=O)(O)OC[C@@H](COC(=O)CCCCCCCCCCCCCCCC(C)C)OC(=O)CCCCCCCCCCCCCCCC(C)C. The minimum atomic E-state index is -4.97. The third-order valence-corrected chi connectivity index (χ3v) is 20.0. The Morgan fingerprint density at radius 3 is 0.828 bits per heavy atom. The predicted octanol–water partition coefficient (Wildman–Crippen LogP) is 23.4. The first kappa shape index (κ1) is 96.5. The zero-order chi connectivity index (χ0) is 72.8. The van der Waals surface area contributed by atoms with Gasteiger partial charge in [0.05, 0.1) is 26.4 Å². The highest BCUT2D eigenvalue weighted by atomic mass is 31.2. The Labute approximate surface area is 605 Å². The standard InChI is InChI=1S/C80H152O17P2/c1-7-9-11-13-15-17-19-21-22-27-34-40-46-52-58-64-79(84)96-75(68-90-77(82)62-56-50-44-38-32-20-18-16-14-12-10-8-2)70-94-98(86,87)92-66-74(81)67-93-99(88,89)95-71-76(97-80(85)65-59-53-47-41-35-29-24-26-31-37-43-49-55-61-73(5)6)69-91-78(83)63-57-51-45-39-33-28-23-25-30-36-42-48-54-60-72(3)4/h17,19,21-22,72-76,81H,7-16,18,20,23-71H2,1-6H3,(H,86,87)(H,88,89)/b19-17-,22-21-/t74-,75+,76+/m0/s1. The second-order valence-electron chi connectivity index (χ2n) is 29.1.